The Hall–Kier alpha value is -1.19. The summed E-state index contributed by atoms with van der Waals surface area (Å²) >= 11 is 0. The second kappa shape index (κ2) is 3.76. The highest BCUT2D eigenvalue weighted by Crippen LogP contribution is 2.23. The molecule has 15 heavy (non-hydrogen) atoms. The van der Waals surface area contributed by atoms with Gasteiger partial charge in [0.15, 0.2) is 0 Å². The van der Waals surface area contributed by atoms with Gasteiger partial charge in [-0.3, -0.25) is 14.5 Å². The van der Waals surface area contributed by atoms with Crippen LogP contribution >= 0.6 is 0 Å². The van der Waals surface area contributed by atoms with Gasteiger partial charge in [-0.15, -0.1) is 0 Å². The highest BCUT2D eigenvalue weighted by Gasteiger charge is 2.39. The molecule has 0 aromatic rings. The Balaban J connectivity index is 3.04. The number of nitrogens with zero attached hydrogens (tertiary/aromatic N) is 2. The summed E-state index contributed by atoms with van der Waals surface area (Å²) < 4.78 is 0. The Labute approximate surface area is 90.4 Å². The van der Waals surface area contributed by atoms with E-state index in [0.717, 1.165) is 0 Å². The van der Waals surface area contributed by atoms with Gasteiger partial charge in [0.25, 0.3) is 5.91 Å². The first-order chi connectivity index (χ1) is 6.75. The third-order valence-electron chi connectivity index (χ3n) is 2.46. The van der Waals surface area contributed by atoms with Crippen LogP contribution in [0.2, 0.25) is 0 Å². The average Bonchev–Trinajstić information content (AvgIpc) is 2.00. The van der Waals surface area contributed by atoms with Gasteiger partial charge in [0, 0.05) is 5.54 Å². The zero-order valence-electron chi connectivity index (χ0n) is 9.94. The summed E-state index contributed by atoms with van der Waals surface area (Å²) in [7, 11) is 0. The number of hydrogen-bond acceptors (Lipinski definition) is 2. The molecule has 2 amide bonds. The van der Waals surface area contributed by atoms with Crippen molar-refractivity contribution in [3.63, 3.8) is 0 Å². The van der Waals surface area contributed by atoms with Crippen molar-refractivity contribution in [1.29, 1.82) is 0 Å². The number of hydrogen-bond donors (Lipinski definition) is 0. The largest absolute Gasteiger partial charge is 0.297 e. The van der Waals surface area contributed by atoms with E-state index >= 15 is 0 Å². The molecule has 84 valence electrons. The van der Waals surface area contributed by atoms with E-state index in [0.29, 0.717) is 0 Å². The van der Waals surface area contributed by atoms with Crippen LogP contribution in [0.3, 0.4) is 0 Å². The highest BCUT2D eigenvalue weighted by molar-refractivity contribution is 6.10. The predicted molar refractivity (Wildman–Crippen MR) is 58.4 cm³/mol. The SMILES string of the molecule is CC(C)C1C(=O)N=CN(C(C)(C)C)C1=O. The fourth-order valence-electron chi connectivity index (χ4n) is 1.58. The van der Waals surface area contributed by atoms with Crippen molar-refractivity contribution >= 4 is 18.2 Å². The van der Waals surface area contributed by atoms with E-state index in [-0.39, 0.29) is 23.3 Å². The quantitative estimate of drug-likeness (QED) is 0.615. The molecule has 1 aliphatic heterocycles. The van der Waals surface area contributed by atoms with Crippen molar-refractivity contribution in [2.75, 3.05) is 0 Å². The summed E-state index contributed by atoms with van der Waals surface area (Å²) in [6.07, 6.45) is 1.35. The first kappa shape index (κ1) is 11.9. The Bertz CT molecular complexity index is 313. The number of carbonyl (C=O) groups is 2. The molecule has 0 spiro atoms. The van der Waals surface area contributed by atoms with Crippen LogP contribution in [0, 0.1) is 11.8 Å². The first-order valence-electron chi connectivity index (χ1n) is 5.16. The zero-order chi connectivity index (χ0) is 11.8. The van der Waals surface area contributed by atoms with E-state index in [1.807, 2.05) is 34.6 Å². The number of carbonyl (C=O) groups excluding carboxylic acids is 2. The molecule has 0 aliphatic carbocycles. The molecule has 1 unspecified atom stereocenters. The van der Waals surface area contributed by atoms with Crippen LogP contribution in [0.15, 0.2) is 4.99 Å². The van der Waals surface area contributed by atoms with Crippen molar-refractivity contribution in [2.24, 2.45) is 16.8 Å². The molecule has 1 aliphatic rings. The highest BCUT2D eigenvalue weighted by atomic mass is 16.2. The number of amides is 2. The standard InChI is InChI=1S/C11H18N2O2/c1-7(2)8-9(14)12-6-13(10(8)15)11(3,4)5/h6-8H,1-5H3. The second-order valence-electron chi connectivity index (χ2n) is 5.18. The molecule has 0 aromatic carbocycles. The van der Waals surface area contributed by atoms with Gasteiger partial charge in [-0.1, -0.05) is 13.8 Å². The minimum absolute atomic E-state index is 0.00713. The van der Waals surface area contributed by atoms with Gasteiger partial charge in [0.05, 0.1) is 0 Å². The summed E-state index contributed by atoms with van der Waals surface area (Å²) in [4.78, 5) is 28.8. The smallest absolute Gasteiger partial charge is 0.259 e. The molecule has 0 aromatic heterocycles. The van der Waals surface area contributed by atoms with Crippen LogP contribution in [-0.2, 0) is 9.59 Å². The van der Waals surface area contributed by atoms with Crippen LogP contribution in [0.25, 0.3) is 0 Å². The maximum Gasteiger partial charge on any atom is 0.259 e. The third kappa shape index (κ3) is 2.25. The van der Waals surface area contributed by atoms with Crippen LogP contribution in [0.1, 0.15) is 34.6 Å². The fourth-order valence-corrected chi connectivity index (χ4v) is 1.58. The van der Waals surface area contributed by atoms with Crippen molar-refractivity contribution in [3.8, 4) is 0 Å². The maximum atomic E-state index is 12.0. The van der Waals surface area contributed by atoms with E-state index in [1.54, 1.807) is 4.90 Å². The van der Waals surface area contributed by atoms with E-state index in [9.17, 15) is 9.59 Å². The molecule has 0 saturated heterocycles. The normalized spacial score (nSPS) is 22.8. The third-order valence-corrected chi connectivity index (χ3v) is 2.46. The van der Waals surface area contributed by atoms with E-state index < -0.39 is 5.92 Å². The Morgan fingerprint density at radius 1 is 1.33 bits per heavy atom. The first-order valence-corrected chi connectivity index (χ1v) is 5.16. The predicted octanol–water partition coefficient (Wildman–Crippen LogP) is 1.45. The average molecular weight is 210 g/mol. The maximum absolute atomic E-state index is 12.0. The molecule has 1 heterocycles. The molecule has 4 heteroatoms. The van der Waals surface area contributed by atoms with Gasteiger partial charge in [0.2, 0.25) is 5.91 Å². The summed E-state index contributed by atoms with van der Waals surface area (Å²) in [6.45, 7) is 9.49. The Morgan fingerprint density at radius 3 is 2.27 bits per heavy atom. The van der Waals surface area contributed by atoms with Crippen molar-refractivity contribution < 1.29 is 9.59 Å². The van der Waals surface area contributed by atoms with E-state index in [1.165, 1.54) is 6.34 Å². The molecule has 0 bridgehead atoms. The lowest BCUT2D eigenvalue weighted by molar-refractivity contribution is -0.143. The van der Waals surface area contributed by atoms with Crippen LogP contribution in [-0.4, -0.2) is 28.6 Å². The van der Waals surface area contributed by atoms with Crippen molar-refractivity contribution in [1.82, 2.24) is 4.90 Å². The molecule has 4 nitrogen and oxygen atoms in total. The van der Waals surface area contributed by atoms with Gasteiger partial charge < -0.3 is 0 Å². The topological polar surface area (TPSA) is 49.7 Å². The minimum Gasteiger partial charge on any atom is -0.297 e. The summed E-state index contributed by atoms with van der Waals surface area (Å²) in [5.74, 6) is -1.09. The fraction of sp³-hybridized carbons (Fsp3) is 0.727. The van der Waals surface area contributed by atoms with E-state index in [2.05, 4.69) is 4.99 Å². The molecule has 0 N–H and O–H groups in total. The summed E-state index contributed by atoms with van der Waals surface area (Å²) in [6, 6.07) is 0. The molecular weight excluding hydrogens is 192 g/mol. The van der Waals surface area contributed by atoms with Gasteiger partial charge in [0.1, 0.15) is 12.3 Å². The van der Waals surface area contributed by atoms with E-state index in [4.69, 9.17) is 0 Å². The number of rotatable bonds is 1. The van der Waals surface area contributed by atoms with Gasteiger partial charge in [-0.05, 0) is 26.7 Å². The molecule has 1 atom stereocenters. The molecular formula is C11H18N2O2. The van der Waals surface area contributed by atoms with Gasteiger partial charge in [-0.25, -0.2) is 4.99 Å². The molecule has 0 fully saturated rings. The Kier molecular flexibility index (Phi) is 2.98. The van der Waals surface area contributed by atoms with Gasteiger partial charge >= 0.3 is 0 Å². The lowest BCUT2D eigenvalue weighted by Gasteiger charge is -2.36. The second-order valence-corrected chi connectivity index (χ2v) is 5.18. The molecule has 0 radical (unpaired) electrons. The van der Waals surface area contributed by atoms with Crippen molar-refractivity contribution in [2.45, 2.75) is 40.2 Å². The Morgan fingerprint density at radius 2 is 1.87 bits per heavy atom. The molecule has 0 saturated carbocycles. The lowest BCUT2D eigenvalue weighted by Crippen LogP contribution is -2.52. The monoisotopic (exact) mass is 210 g/mol. The zero-order valence-corrected chi connectivity index (χ0v) is 9.94. The van der Waals surface area contributed by atoms with Gasteiger partial charge in [-0.2, -0.15) is 0 Å². The lowest BCUT2D eigenvalue weighted by atomic mass is 9.91. The minimum atomic E-state index is -0.616. The van der Waals surface area contributed by atoms with Crippen LogP contribution < -0.4 is 0 Å². The van der Waals surface area contributed by atoms with Crippen molar-refractivity contribution in [3.05, 3.63) is 0 Å². The summed E-state index contributed by atoms with van der Waals surface area (Å²) in [5.41, 5.74) is -0.325. The summed E-state index contributed by atoms with van der Waals surface area (Å²) in [5, 5.41) is 0. The van der Waals surface area contributed by atoms with Crippen LogP contribution in [0.5, 0.6) is 0 Å². The molecule has 1 rings (SSSR count). The van der Waals surface area contributed by atoms with Crippen LogP contribution in [0.4, 0.5) is 0 Å². The number of aliphatic imine (C=N–C) groups is 1.